The molecule has 0 radical (unpaired) electrons. The van der Waals surface area contributed by atoms with Crippen LogP contribution < -0.4 is 0 Å². The average Bonchev–Trinajstić information content (AvgIpc) is 3.36. The third-order valence-electron chi connectivity index (χ3n) is 4.64. The van der Waals surface area contributed by atoms with Gasteiger partial charge in [-0.1, -0.05) is 23.4 Å². The van der Waals surface area contributed by atoms with E-state index in [1.807, 2.05) is 31.2 Å². The van der Waals surface area contributed by atoms with Crippen LogP contribution in [0.2, 0.25) is 0 Å². The highest BCUT2D eigenvalue weighted by molar-refractivity contribution is 5.57. The zero-order chi connectivity index (χ0) is 17.2. The second kappa shape index (κ2) is 6.73. The van der Waals surface area contributed by atoms with Gasteiger partial charge in [-0.3, -0.25) is 10.00 Å². The van der Waals surface area contributed by atoms with Crippen LogP contribution in [0, 0.1) is 6.92 Å². The van der Waals surface area contributed by atoms with Crippen molar-refractivity contribution in [1.82, 2.24) is 30.2 Å². The molecule has 130 valence electrons. The second-order valence-corrected chi connectivity index (χ2v) is 6.24. The van der Waals surface area contributed by atoms with Crippen molar-refractivity contribution in [2.45, 2.75) is 32.0 Å². The minimum absolute atomic E-state index is 0.105. The van der Waals surface area contributed by atoms with Crippen LogP contribution >= 0.6 is 0 Å². The summed E-state index contributed by atoms with van der Waals surface area (Å²) in [6.45, 7) is 3.39. The Morgan fingerprint density at radius 2 is 2.24 bits per heavy atom. The first-order valence-corrected chi connectivity index (χ1v) is 8.25. The quantitative estimate of drug-likeness (QED) is 0.760. The number of hydrogen-bond donors (Lipinski definition) is 1. The number of aromatic nitrogens is 5. The van der Waals surface area contributed by atoms with E-state index in [2.05, 4.69) is 30.2 Å². The van der Waals surface area contributed by atoms with Gasteiger partial charge in [-0.2, -0.15) is 10.1 Å². The number of aromatic amines is 1. The maximum Gasteiger partial charge on any atom is 0.258 e. The van der Waals surface area contributed by atoms with Gasteiger partial charge in [-0.05, 0) is 25.0 Å². The zero-order valence-corrected chi connectivity index (χ0v) is 14.2. The number of likely N-dealkylation sites (tertiary alicyclic amines) is 1. The van der Waals surface area contributed by atoms with Gasteiger partial charge in [0, 0.05) is 19.2 Å². The Hall–Kier alpha value is -2.58. The summed E-state index contributed by atoms with van der Waals surface area (Å²) in [6, 6.07) is 8.08. The molecule has 3 heterocycles. The monoisotopic (exact) mass is 340 g/mol. The smallest absolute Gasteiger partial charge is 0.258 e. The summed E-state index contributed by atoms with van der Waals surface area (Å²) in [4.78, 5) is 11.1. The lowest BCUT2D eigenvalue weighted by Gasteiger charge is -2.20. The van der Waals surface area contributed by atoms with Crippen molar-refractivity contribution in [2.24, 2.45) is 0 Å². The first-order valence-electron chi connectivity index (χ1n) is 8.25. The van der Waals surface area contributed by atoms with Gasteiger partial charge in [0.1, 0.15) is 12.2 Å². The highest BCUT2D eigenvalue weighted by atomic mass is 16.5. The number of methoxy groups -OCH3 is 1. The van der Waals surface area contributed by atoms with Gasteiger partial charge in [0.25, 0.3) is 5.89 Å². The summed E-state index contributed by atoms with van der Waals surface area (Å²) in [6.07, 6.45) is 2.53. The number of hydrogen-bond acceptors (Lipinski definition) is 7. The highest BCUT2D eigenvalue weighted by Gasteiger charge is 2.35. The topological polar surface area (TPSA) is 93.0 Å². The summed E-state index contributed by atoms with van der Waals surface area (Å²) in [7, 11) is 1.73. The molecule has 8 heteroatoms. The second-order valence-electron chi connectivity index (χ2n) is 6.24. The summed E-state index contributed by atoms with van der Waals surface area (Å²) in [5, 5.41) is 11.1. The van der Waals surface area contributed by atoms with Crippen LogP contribution in [0.15, 0.2) is 35.1 Å². The number of nitrogens with zero attached hydrogens (tertiary/aromatic N) is 5. The number of benzene rings is 1. The molecule has 1 saturated heterocycles. The predicted molar refractivity (Wildman–Crippen MR) is 89.4 cm³/mol. The van der Waals surface area contributed by atoms with E-state index in [1.165, 1.54) is 6.33 Å². The normalized spacial score (nSPS) is 21.0. The zero-order valence-electron chi connectivity index (χ0n) is 14.2. The number of aryl methyl sites for hydroxylation is 1. The van der Waals surface area contributed by atoms with Crippen molar-refractivity contribution >= 4 is 0 Å². The molecule has 8 nitrogen and oxygen atoms in total. The van der Waals surface area contributed by atoms with E-state index in [1.54, 1.807) is 7.11 Å². The summed E-state index contributed by atoms with van der Waals surface area (Å²) in [5.74, 6) is 2.04. The van der Waals surface area contributed by atoms with Gasteiger partial charge in [0.2, 0.25) is 0 Å². The molecule has 2 aromatic heterocycles. The molecule has 1 N–H and O–H groups in total. The van der Waals surface area contributed by atoms with Crippen LogP contribution in [-0.4, -0.2) is 50.0 Å². The minimum atomic E-state index is 0.105. The number of H-pyrrole nitrogens is 1. The Labute approximate surface area is 145 Å². The van der Waals surface area contributed by atoms with Crippen molar-refractivity contribution in [1.29, 1.82) is 0 Å². The van der Waals surface area contributed by atoms with Crippen molar-refractivity contribution in [3.05, 3.63) is 47.8 Å². The first kappa shape index (κ1) is 15.9. The lowest BCUT2D eigenvalue weighted by atomic mass is 10.1. The molecule has 0 saturated carbocycles. The Morgan fingerprint density at radius 3 is 3.00 bits per heavy atom. The van der Waals surface area contributed by atoms with Gasteiger partial charge < -0.3 is 9.26 Å². The molecule has 2 atom stereocenters. The molecule has 0 amide bonds. The standard InChI is InChI=1S/C17H20N6O2/c1-11-5-3-4-6-13(11)17-20-15(22-25-17)9-23-8-12(24-2)7-14(23)16-18-10-19-21-16/h3-6,10,12,14H,7-9H2,1-2H3,(H,18,19,21)/t12-,14+/m1/s1. The molecule has 25 heavy (non-hydrogen) atoms. The Kier molecular flexibility index (Phi) is 4.29. The third-order valence-corrected chi connectivity index (χ3v) is 4.64. The van der Waals surface area contributed by atoms with E-state index in [9.17, 15) is 0 Å². The fraction of sp³-hybridized carbons (Fsp3) is 0.412. The predicted octanol–water partition coefficient (Wildman–Crippen LogP) is 2.13. The van der Waals surface area contributed by atoms with Gasteiger partial charge in [0.05, 0.1) is 18.7 Å². The minimum Gasteiger partial charge on any atom is -0.380 e. The maximum atomic E-state index is 5.53. The van der Waals surface area contributed by atoms with E-state index in [4.69, 9.17) is 9.26 Å². The first-order chi connectivity index (χ1) is 12.2. The summed E-state index contributed by atoms with van der Waals surface area (Å²) < 4.78 is 11.0. The molecule has 0 bridgehead atoms. The van der Waals surface area contributed by atoms with Crippen LogP contribution in [0.4, 0.5) is 0 Å². The Morgan fingerprint density at radius 1 is 1.36 bits per heavy atom. The lowest BCUT2D eigenvalue weighted by molar-refractivity contribution is 0.106. The molecule has 0 unspecified atom stereocenters. The molecule has 1 fully saturated rings. The molecule has 1 aliphatic rings. The number of rotatable bonds is 5. The van der Waals surface area contributed by atoms with Gasteiger partial charge >= 0.3 is 0 Å². The van der Waals surface area contributed by atoms with E-state index in [-0.39, 0.29) is 12.1 Å². The van der Waals surface area contributed by atoms with E-state index >= 15 is 0 Å². The lowest BCUT2D eigenvalue weighted by Crippen LogP contribution is -2.26. The highest BCUT2D eigenvalue weighted by Crippen LogP contribution is 2.32. The van der Waals surface area contributed by atoms with Crippen LogP contribution in [0.3, 0.4) is 0 Å². The maximum absolute atomic E-state index is 5.53. The van der Waals surface area contributed by atoms with Crippen molar-refractivity contribution in [2.75, 3.05) is 13.7 Å². The van der Waals surface area contributed by atoms with Gasteiger partial charge in [-0.25, -0.2) is 4.98 Å². The van der Waals surface area contributed by atoms with E-state index in [0.717, 1.165) is 29.9 Å². The van der Waals surface area contributed by atoms with Crippen molar-refractivity contribution in [3.8, 4) is 11.5 Å². The van der Waals surface area contributed by atoms with Gasteiger partial charge in [0.15, 0.2) is 5.82 Å². The molecular weight excluding hydrogens is 320 g/mol. The fourth-order valence-electron chi connectivity index (χ4n) is 3.29. The van der Waals surface area contributed by atoms with Gasteiger partial charge in [-0.15, -0.1) is 0 Å². The largest absolute Gasteiger partial charge is 0.380 e. The van der Waals surface area contributed by atoms with Crippen LogP contribution in [0.5, 0.6) is 0 Å². The molecule has 1 aromatic carbocycles. The summed E-state index contributed by atoms with van der Waals surface area (Å²) >= 11 is 0. The van der Waals surface area contributed by atoms with Crippen LogP contribution in [-0.2, 0) is 11.3 Å². The molecule has 3 aromatic rings. The number of ether oxygens (including phenoxy) is 1. The SMILES string of the molecule is CO[C@@H]1C[C@@H](c2ncn[nH]2)N(Cc2noc(-c3ccccc3C)n2)C1. The number of nitrogens with one attached hydrogen (secondary N) is 1. The summed E-state index contributed by atoms with van der Waals surface area (Å²) in [5.41, 5.74) is 2.07. The van der Waals surface area contributed by atoms with E-state index in [0.29, 0.717) is 18.3 Å². The van der Waals surface area contributed by atoms with E-state index < -0.39 is 0 Å². The molecular formula is C17H20N6O2. The average molecular weight is 340 g/mol. The molecule has 4 rings (SSSR count). The Balaban J connectivity index is 1.54. The molecule has 0 aliphatic carbocycles. The molecule has 1 aliphatic heterocycles. The molecule has 0 spiro atoms. The van der Waals surface area contributed by atoms with Crippen molar-refractivity contribution < 1.29 is 9.26 Å². The third kappa shape index (κ3) is 3.18. The van der Waals surface area contributed by atoms with Crippen LogP contribution in [0.25, 0.3) is 11.5 Å². The van der Waals surface area contributed by atoms with Crippen molar-refractivity contribution in [3.63, 3.8) is 0 Å². The fourth-order valence-corrected chi connectivity index (χ4v) is 3.29. The van der Waals surface area contributed by atoms with Crippen LogP contribution in [0.1, 0.15) is 29.7 Å². The Bertz CT molecular complexity index is 831.